The number of anilines is 1. The normalized spacial score (nSPS) is 11.8. The summed E-state index contributed by atoms with van der Waals surface area (Å²) in [5.41, 5.74) is -0.295. The number of amides is 1. The van der Waals surface area contributed by atoms with Crippen molar-refractivity contribution in [3.63, 3.8) is 0 Å². The van der Waals surface area contributed by atoms with E-state index in [2.05, 4.69) is 25.7 Å². The fraction of sp³-hybridized carbons (Fsp3) is 0.368. The summed E-state index contributed by atoms with van der Waals surface area (Å²) in [7, 11) is 0. The molecule has 1 amide bonds. The van der Waals surface area contributed by atoms with Crippen LogP contribution in [0.5, 0.6) is 0 Å². The number of halogens is 3. The average Bonchev–Trinajstić information content (AvgIpc) is 3.10. The lowest BCUT2D eigenvalue weighted by Crippen LogP contribution is -2.27. The molecule has 0 bridgehead atoms. The molecule has 7 nitrogen and oxygen atoms in total. The molecule has 3 rings (SSSR count). The van der Waals surface area contributed by atoms with Crippen LogP contribution in [0.25, 0.3) is 11.0 Å². The van der Waals surface area contributed by atoms with Gasteiger partial charge in [0.2, 0.25) is 0 Å². The van der Waals surface area contributed by atoms with Crippen molar-refractivity contribution in [2.75, 3.05) is 18.1 Å². The molecule has 11 heteroatoms. The van der Waals surface area contributed by atoms with Crippen LogP contribution in [0, 0.1) is 0 Å². The second kappa shape index (κ2) is 8.90. The first-order valence-corrected chi connectivity index (χ1v) is 10.4. The molecule has 0 unspecified atom stereocenters. The first-order valence-electron chi connectivity index (χ1n) is 9.18. The van der Waals surface area contributed by atoms with E-state index in [-0.39, 0.29) is 18.2 Å². The van der Waals surface area contributed by atoms with Gasteiger partial charge in [-0.2, -0.15) is 18.3 Å². The Labute approximate surface area is 175 Å². The highest BCUT2D eigenvalue weighted by Crippen LogP contribution is 2.29. The van der Waals surface area contributed by atoms with Gasteiger partial charge < -0.3 is 10.6 Å². The maximum atomic E-state index is 12.8. The zero-order valence-electron chi connectivity index (χ0n) is 16.6. The van der Waals surface area contributed by atoms with Gasteiger partial charge in [-0.1, -0.05) is 17.8 Å². The minimum atomic E-state index is -4.50. The second-order valence-corrected chi connectivity index (χ2v) is 7.57. The Kier molecular flexibility index (Phi) is 6.49. The highest BCUT2D eigenvalue weighted by Gasteiger charge is 2.30. The second-order valence-electron chi connectivity index (χ2n) is 6.80. The molecule has 0 fully saturated rings. The Morgan fingerprint density at radius 1 is 1.27 bits per heavy atom. The number of carbonyl (C=O) groups excluding carboxylic acids is 1. The summed E-state index contributed by atoms with van der Waals surface area (Å²) < 4.78 is 40.1. The SMILES string of the molecule is CSc1nc(NC(C)C)c2cnn(CCNC(=O)c3cccc(C(F)(F)F)c3)c2n1. The average molecular weight is 438 g/mol. The van der Waals surface area contributed by atoms with Crippen LogP contribution in [0.15, 0.2) is 35.6 Å². The number of benzene rings is 1. The van der Waals surface area contributed by atoms with Crippen molar-refractivity contribution in [1.82, 2.24) is 25.1 Å². The molecule has 0 atom stereocenters. The summed E-state index contributed by atoms with van der Waals surface area (Å²) in [5.74, 6) is 0.0951. The molecule has 0 aliphatic heterocycles. The standard InChI is InChI=1S/C19H21F3N6OS/c1-11(2)25-15-14-10-24-28(16(14)27-18(26-15)30-3)8-7-23-17(29)12-5-4-6-13(9-12)19(20,21)22/h4-6,9-11H,7-8H2,1-3H3,(H,23,29)(H,25,26,27). The van der Waals surface area contributed by atoms with Gasteiger partial charge >= 0.3 is 6.18 Å². The van der Waals surface area contributed by atoms with Crippen molar-refractivity contribution in [2.24, 2.45) is 0 Å². The third-order valence-electron chi connectivity index (χ3n) is 4.14. The molecule has 30 heavy (non-hydrogen) atoms. The Balaban J connectivity index is 1.73. The van der Waals surface area contributed by atoms with Gasteiger partial charge in [-0.3, -0.25) is 4.79 Å². The largest absolute Gasteiger partial charge is 0.416 e. The van der Waals surface area contributed by atoms with Gasteiger partial charge in [-0.15, -0.1) is 0 Å². The van der Waals surface area contributed by atoms with Crippen molar-refractivity contribution in [3.05, 3.63) is 41.6 Å². The van der Waals surface area contributed by atoms with Gasteiger partial charge in [0.25, 0.3) is 5.91 Å². The first-order chi connectivity index (χ1) is 14.2. The topological polar surface area (TPSA) is 84.7 Å². The van der Waals surface area contributed by atoms with Gasteiger partial charge in [0.15, 0.2) is 10.8 Å². The van der Waals surface area contributed by atoms with E-state index >= 15 is 0 Å². The number of thioether (sulfide) groups is 1. The van der Waals surface area contributed by atoms with E-state index in [1.54, 1.807) is 10.9 Å². The molecule has 1 aromatic carbocycles. The molecule has 0 aliphatic rings. The predicted octanol–water partition coefficient (Wildman–Crippen LogP) is 3.82. The summed E-state index contributed by atoms with van der Waals surface area (Å²) in [4.78, 5) is 21.2. The van der Waals surface area contributed by atoms with Crippen LogP contribution in [0.1, 0.15) is 29.8 Å². The summed E-state index contributed by atoms with van der Waals surface area (Å²) in [5, 5.41) is 11.6. The number of rotatable bonds is 7. The van der Waals surface area contributed by atoms with Crippen LogP contribution in [-0.2, 0) is 12.7 Å². The predicted molar refractivity (Wildman–Crippen MR) is 110 cm³/mol. The third-order valence-corrected chi connectivity index (χ3v) is 4.69. The van der Waals surface area contributed by atoms with E-state index in [1.807, 2.05) is 20.1 Å². The number of aromatic nitrogens is 4. The van der Waals surface area contributed by atoms with E-state index < -0.39 is 17.6 Å². The summed E-state index contributed by atoms with van der Waals surface area (Å²) >= 11 is 1.40. The maximum Gasteiger partial charge on any atom is 0.416 e. The van der Waals surface area contributed by atoms with Crippen LogP contribution in [0.3, 0.4) is 0 Å². The number of nitrogens with one attached hydrogen (secondary N) is 2. The van der Waals surface area contributed by atoms with E-state index in [9.17, 15) is 18.0 Å². The lowest BCUT2D eigenvalue weighted by atomic mass is 10.1. The molecule has 0 saturated carbocycles. The van der Waals surface area contributed by atoms with E-state index in [0.717, 1.165) is 17.5 Å². The molecule has 160 valence electrons. The summed E-state index contributed by atoms with van der Waals surface area (Å²) in [6, 6.07) is 4.49. The van der Waals surface area contributed by atoms with E-state index in [0.29, 0.717) is 23.2 Å². The van der Waals surface area contributed by atoms with Crippen molar-refractivity contribution >= 4 is 34.5 Å². The van der Waals surface area contributed by atoms with Gasteiger partial charge in [0.05, 0.1) is 23.7 Å². The molecule has 2 N–H and O–H groups in total. The van der Waals surface area contributed by atoms with Crippen molar-refractivity contribution in [3.8, 4) is 0 Å². The Morgan fingerprint density at radius 2 is 2.03 bits per heavy atom. The number of alkyl halides is 3. The van der Waals surface area contributed by atoms with Gasteiger partial charge in [0, 0.05) is 18.2 Å². The van der Waals surface area contributed by atoms with Gasteiger partial charge in [-0.25, -0.2) is 14.6 Å². The number of fused-ring (bicyclic) bond motifs is 1. The molecule has 0 radical (unpaired) electrons. The molecule has 0 saturated heterocycles. The fourth-order valence-corrected chi connectivity index (χ4v) is 3.15. The van der Waals surface area contributed by atoms with Crippen LogP contribution >= 0.6 is 11.8 Å². The minimum Gasteiger partial charge on any atom is -0.367 e. The van der Waals surface area contributed by atoms with Gasteiger partial charge in [0.1, 0.15) is 5.82 Å². The lowest BCUT2D eigenvalue weighted by molar-refractivity contribution is -0.137. The zero-order valence-corrected chi connectivity index (χ0v) is 17.4. The smallest absolute Gasteiger partial charge is 0.367 e. The highest BCUT2D eigenvalue weighted by molar-refractivity contribution is 7.98. The fourth-order valence-electron chi connectivity index (χ4n) is 2.79. The molecular formula is C19H21F3N6OS. The van der Waals surface area contributed by atoms with Gasteiger partial charge in [-0.05, 0) is 38.3 Å². The summed E-state index contributed by atoms with van der Waals surface area (Å²) in [6.07, 6.45) is -0.976. The van der Waals surface area contributed by atoms with E-state index in [1.165, 1.54) is 23.9 Å². The molecule has 0 aliphatic carbocycles. The molecule has 3 aromatic rings. The quantitative estimate of drug-likeness (QED) is 0.431. The summed E-state index contributed by atoms with van der Waals surface area (Å²) in [6.45, 7) is 4.48. The lowest BCUT2D eigenvalue weighted by Gasteiger charge is -2.11. The molecule has 0 spiro atoms. The molecule has 2 aromatic heterocycles. The number of hydrogen-bond acceptors (Lipinski definition) is 6. The van der Waals surface area contributed by atoms with E-state index in [4.69, 9.17) is 0 Å². The Hall–Kier alpha value is -2.82. The highest BCUT2D eigenvalue weighted by atomic mass is 32.2. The van der Waals surface area contributed by atoms with Crippen molar-refractivity contribution in [2.45, 2.75) is 37.8 Å². The minimum absolute atomic E-state index is 0.0504. The van der Waals surface area contributed by atoms with Crippen LogP contribution in [0.2, 0.25) is 0 Å². The van der Waals surface area contributed by atoms with Crippen molar-refractivity contribution in [1.29, 1.82) is 0 Å². The maximum absolute atomic E-state index is 12.8. The van der Waals surface area contributed by atoms with Crippen LogP contribution < -0.4 is 10.6 Å². The molecular weight excluding hydrogens is 417 g/mol. The third kappa shape index (κ3) is 5.02. The monoisotopic (exact) mass is 438 g/mol. The van der Waals surface area contributed by atoms with Crippen LogP contribution in [0.4, 0.5) is 19.0 Å². The zero-order chi connectivity index (χ0) is 21.9. The Morgan fingerprint density at radius 3 is 2.70 bits per heavy atom. The molecule has 2 heterocycles. The number of nitrogens with zero attached hydrogens (tertiary/aromatic N) is 4. The first kappa shape index (κ1) is 21.9. The van der Waals surface area contributed by atoms with Crippen molar-refractivity contribution < 1.29 is 18.0 Å². The number of hydrogen-bond donors (Lipinski definition) is 2. The van der Waals surface area contributed by atoms with Crippen LogP contribution in [-0.4, -0.2) is 44.5 Å². The Bertz CT molecular complexity index is 1050. The number of carbonyl (C=O) groups is 1.